The monoisotopic (exact) mass is 454 g/mol. The number of aryl methyl sites for hydroxylation is 1. The normalized spacial score (nSPS) is 22.4. The van der Waals surface area contributed by atoms with Crippen LogP contribution in [0.3, 0.4) is 0 Å². The van der Waals surface area contributed by atoms with Gasteiger partial charge in [-0.15, -0.1) is 11.3 Å². The predicted octanol–water partition coefficient (Wildman–Crippen LogP) is 3.29. The summed E-state index contributed by atoms with van der Waals surface area (Å²) in [5.41, 5.74) is 2.01. The Morgan fingerprint density at radius 2 is 1.81 bits per heavy atom. The maximum Gasteiger partial charge on any atom is 0.228 e. The third kappa shape index (κ3) is 5.22. The van der Waals surface area contributed by atoms with Gasteiger partial charge in [0.1, 0.15) is 0 Å². The molecule has 2 amide bonds. The molecule has 2 unspecified atom stereocenters. The fourth-order valence-electron chi connectivity index (χ4n) is 4.74. The number of rotatable bonds is 8. The summed E-state index contributed by atoms with van der Waals surface area (Å²) in [5, 5.41) is 5.14. The van der Waals surface area contributed by atoms with Crippen molar-refractivity contribution in [3.8, 4) is 0 Å². The minimum Gasteiger partial charge on any atom is -0.356 e. The number of hydrogen-bond donors (Lipinski definition) is 1. The van der Waals surface area contributed by atoms with Gasteiger partial charge in [-0.25, -0.2) is 0 Å². The van der Waals surface area contributed by atoms with Crippen LogP contribution in [0.1, 0.15) is 36.2 Å². The molecule has 6 nitrogen and oxygen atoms in total. The van der Waals surface area contributed by atoms with Crippen LogP contribution in [0.2, 0.25) is 0 Å². The van der Waals surface area contributed by atoms with Crippen molar-refractivity contribution in [2.75, 3.05) is 50.7 Å². The summed E-state index contributed by atoms with van der Waals surface area (Å²) >= 11 is 1.61. The van der Waals surface area contributed by atoms with Crippen molar-refractivity contribution in [3.05, 3.63) is 52.2 Å². The van der Waals surface area contributed by atoms with Crippen LogP contribution in [0.4, 0.5) is 5.69 Å². The first kappa shape index (κ1) is 23.0. The average molecular weight is 455 g/mol. The molecule has 2 atom stereocenters. The van der Waals surface area contributed by atoms with Gasteiger partial charge in [0.25, 0.3) is 0 Å². The Morgan fingerprint density at radius 3 is 2.47 bits per heavy atom. The molecule has 0 spiro atoms. The number of benzene rings is 1. The van der Waals surface area contributed by atoms with Gasteiger partial charge in [0.05, 0.1) is 12.0 Å². The van der Waals surface area contributed by atoms with E-state index in [1.807, 2.05) is 53.6 Å². The van der Waals surface area contributed by atoms with E-state index in [2.05, 4.69) is 22.0 Å². The topological polar surface area (TPSA) is 55.9 Å². The van der Waals surface area contributed by atoms with E-state index in [0.29, 0.717) is 6.54 Å². The summed E-state index contributed by atoms with van der Waals surface area (Å²) in [6, 6.07) is 11.8. The number of anilines is 1. The molecule has 0 saturated carbocycles. The Bertz CT molecular complexity index is 891. The van der Waals surface area contributed by atoms with Crippen LogP contribution < -0.4 is 10.2 Å². The van der Waals surface area contributed by atoms with Gasteiger partial charge in [-0.05, 0) is 50.0 Å². The predicted molar refractivity (Wildman–Crippen MR) is 130 cm³/mol. The minimum absolute atomic E-state index is 0.0119. The van der Waals surface area contributed by atoms with E-state index in [4.69, 9.17) is 0 Å². The van der Waals surface area contributed by atoms with Crippen LogP contribution in [0.25, 0.3) is 0 Å². The van der Waals surface area contributed by atoms with Crippen molar-refractivity contribution in [1.29, 1.82) is 0 Å². The van der Waals surface area contributed by atoms with Crippen LogP contribution in [0.5, 0.6) is 0 Å². The quantitative estimate of drug-likeness (QED) is 0.622. The van der Waals surface area contributed by atoms with Crippen LogP contribution in [-0.2, 0) is 9.59 Å². The van der Waals surface area contributed by atoms with E-state index in [9.17, 15) is 9.59 Å². The lowest BCUT2D eigenvalue weighted by Crippen LogP contribution is -2.46. The van der Waals surface area contributed by atoms with Crippen molar-refractivity contribution in [3.63, 3.8) is 0 Å². The Kier molecular flexibility index (Phi) is 7.60. The number of hydrogen-bond acceptors (Lipinski definition) is 5. The fourth-order valence-corrected chi connectivity index (χ4v) is 5.62. The molecular formula is C25H34N4O2S. The van der Waals surface area contributed by atoms with E-state index < -0.39 is 0 Å². The standard InChI is InChI=1S/C25H34N4O2S/c1-3-27-13-15-28(16-14-27)12-5-11-26-25(31)21-18-23(30)29(20-9-7-19(2)8-10-20)24(21)22-6-4-17-32-22/h4,6-10,17,21,24H,3,5,11-16,18H2,1-2H3,(H,26,31). The molecule has 1 aromatic carbocycles. The summed E-state index contributed by atoms with van der Waals surface area (Å²) in [4.78, 5) is 34.0. The van der Waals surface area contributed by atoms with Gasteiger partial charge in [-0.3, -0.25) is 9.59 Å². The molecule has 4 rings (SSSR count). The minimum atomic E-state index is -0.365. The molecule has 2 fully saturated rings. The van der Waals surface area contributed by atoms with Gasteiger partial charge in [0.2, 0.25) is 11.8 Å². The number of likely N-dealkylation sites (N-methyl/N-ethyl adjacent to an activating group) is 1. The SMILES string of the molecule is CCN1CCN(CCCNC(=O)C2CC(=O)N(c3ccc(C)cc3)C2c2cccs2)CC1. The fraction of sp³-hybridized carbons (Fsp3) is 0.520. The highest BCUT2D eigenvalue weighted by Crippen LogP contribution is 2.43. The molecular weight excluding hydrogens is 420 g/mol. The third-order valence-electron chi connectivity index (χ3n) is 6.67. The molecule has 2 aromatic rings. The first-order valence-electron chi connectivity index (χ1n) is 11.7. The lowest BCUT2D eigenvalue weighted by Gasteiger charge is -2.34. The van der Waals surface area contributed by atoms with Gasteiger partial charge < -0.3 is 20.0 Å². The van der Waals surface area contributed by atoms with Gasteiger partial charge in [0.15, 0.2) is 0 Å². The number of nitrogens with one attached hydrogen (secondary N) is 1. The second kappa shape index (κ2) is 10.6. The lowest BCUT2D eigenvalue weighted by molar-refractivity contribution is -0.126. The first-order chi connectivity index (χ1) is 15.6. The summed E-state index contributed by atoms with van der Waals surface area (Å²) in [5.74, 6) is -0.362. The van der Waals surface area contributed by atoms with Crippen LogP contribution >= 0.6 is 11.3 Å². The third-order valence-corrected chi connectivity index (χ3v) is 7.61. The van der Waals surface area contributed by atoms with E-state index in [1.54, 1.807) is 11.3 Å². The summed E-state index contributed by atoms with van der Waals surface area (Å²) < 4.78 is 0. The number of carbonyl (C=O) groups excluding carboxylic acids is 2. The summed E-state index contributed by atoms with van der Waals surface area (Å²) in [7, 11) is 0. The van der Waals surface area contributed by atoms with Gasteiger partial charge >= 0.3 is 0 Å². The molecule has 2 saturated heterocycles. The molecule has 2 aliphatic rings. The first-order valence-corrected chi connectivity index (χ1v) is 12.6. The molecule has 1 aromatic heterocycles. The average Bonchev–Trinajstić information content (AvgIpc) is 3.45. The van der Waals surface area contributed by atoms with Crippen molar-refractivity contribution >= 4 is 28.8 Å². The zero-order valence-electron chi connectivity index (χ0n) is 19.1. The van der Waals surface area contributed by atoms with Crippen molar-refractivity contribution in [2.45, 2.75) is 32.7 Å². The molecule has 7 heteroatoms. The molecule has 32 heavy (non-hydrogen) atoms. The van der Waals surface area contributed by atoms with Crippen LogP contribution in [0.15, 0.2) is 41.8 Å². The molecule has 172 valence electrons. The highest BCUT2D eigenvalue weighted by atomic mass is 32.1. The number of amides is 2. The number of carbonyl (C=O) groups is 2. The smallest absolute Gasteiger partial charge is 0.228 e. The van der Waals surface area contributed by atoms with E-state index >= 15 is 0 Å². The lowest BCUT2D eigenvalue weighted by atomic mass is 9.97. The molecule has 0 aliphatic carbocycles. The van der Waals surface area contributed by atoms with Crippen molar-refractivity contribution in [2.24, 2.45) is 5.92 Å². The summed E-state index contributed by atoms with van der Waals surface area (Å²) in [6.07, 6.45) is 1.19. The molecule has 3 heterocycles. The second-order valence-electron chi connectivity index (χ2n) is 8.79. The maximum atomic E-state index is 13.2. The van der Waals surface area contributed by atoms with Crippen molar-refractivity contribution in [1.82, 2.24) is 15.1 Å². The van der Waals surface area contributed by atoms with Gasteiger partial charge in [0, 0.05) is 49.7 Å². The number of piperazine rings is 1. The zero-order chi connectivity index (χ0) is 22.5. The van der Waals surface area contributed by atoms with Gasteiger partial charge in [-0.2, -0.15) is 0 Å². The molecule has 0 bridgehead atoms. The largest absolute Gasteiger partial charge is 0.356 e. The van der Waals surface area contributed by atoms with Crippen molar-refractivity contribution < 1.29 is 9.59 Å². The highest BCUT2D eigenvalue weighted by Gasteiger charge is 2.45. The Balaban J connectivity index is 1.37. The zero-order valence-corrected chi connectivity index (χ0v) is 19.9. The number of thiophene rings is 1. The Morgan fingerprint density at radius 1 is 1.09 bits per heavy atom. The van der Waals surface area contributed by atoms with E-state index in [1.165, 1.54) is 0 Å². The van der Waals surface area contributed by atoms with Gasteiger partial charge in [-0.1, -0.05) is 30.7 Å². The maximum absolute atomic E-state index is 13.2. The molecule has 1 N–H and O–H groups in total. The van der Waals surface area contributed by atoms with Crippen LogP contribution in [0, 0.1) is 12.8 Å². The second-order valence-corrected chi connectivity index (χ2v) is 9.77. The Hall–Kier alpha value is -2.22. The molecule has 2 aliphatic heterocycles. The van der Waals surface area contributed by atoms with E-state index in [-0.39, 0.29) is 30.2 Å². The molecule has 0 radical (unpaired) electrons. The highest BCUT2D eigenvalue weighted by molar-refractivity contribution is 7.10. The Labute approximate surface area is 195 Å². The van der Waals surface area contributed by atoms with Crippen LogP contribution in [-0.4, -0.2) is 67.4 Å². The van der Waals surface area contributed by atoms with E-state index in [0.717, 1.165) is 61.8 Å². The number of nitrogens with zero attached hydrogens (tertiary/aromatic N) is 3. The summed E-state index contributed by atoms with van der Waals surface area (Å²) in [6.45, 7) is 11.5.